The first-order valence-corrected chi connectivity index (χ1v) is 6.73. The van der Waals surface area contributed by atoms with Crippen LogP contribution in [0.1, 0.15) is 30.6 Å². The molecular weight excluding hydrogens is 274 g/mol. The van der Waals surface area contributed by atoms with E-state index < -0.39 is 18.2 Å². The third-order valence-corrected chi connectivity index (χ3v) is 3.53. The average Bonchev–Trinajstić information content (AvgIpc) is 2.48. The van der Waals surface area contributed by atoms with Gasteiger partial charge in [0.1, 0.15) is 11.9 Å². The summed E-state index contributed by atoms with van der Waals surface area (Å²) in [6.07, 6.45) is 0.377. The van der Waals surface area contributed by atoms with Gasteiger partial charge < -0.3 is 19.5 Å². The molecule has 0 saturated carbocycles. The SMILES string of the molecule is COC(=O)N[C@H]1CCc2ccc(OC)cc2C1OC(C)=O. The van der Waals surface area contributed by atoms with Crippen LogP contribution in [-0.4, -0.2) is 32.3 Å². The molecule has 1 aliphatic carbocycles. The van der Waals surface area contributed by atoms with Crippen molar-refractivity contribution in [3.05, 3.63) is 29.3 Å². The van der Waals surface area contributed by atoms with E-state index in [0.29, 0.717) is 12.2 Å². The van der Waals surface area contributed by atoms with E-state index in [4.69, 9.17) is 9.47 Å². The Labute approximate surface area is 123 Å². The number of amides is 1. The summed E-state index contributed by atoms with van der Waals surface area (Å²) >= 11 is 0. The number of rotatable bonds is 3. The highest BCUT2D eigenvalue weighted by Gasteiger charge is 2.33. The van der Waals surface area contributed by atoms with Crippen molar-refractivity contribution in [2.45, 2.75) is 31.9 Å². The van der Waals surface area contributed by atoms with Crippen LogP contribution in [0.3, 0.4) is 0 Å². The molecule has 0 aliphatic heterocycles. The van der Waals surface area contributed by atoms with Crippen LogP contribution in [0.25, 0.3) is 0 Å². The molecule has 1 aromatic rings. The first-order valence-electron chi connectivity index (χ1n) is 6.73. The normalized spacial score (nSPS) is 20.1. The molecule has 1 unspecified atom stereocenters. The van der Waals surface area contributed by atoms with Gasteiger partial charge in [-0.25, -0.2) is 4.79 Å². The highest BCUT2D eigenvalue weighted by molar-refractivity contribution is 5.69. The zero-order chi connectivity index (χ0) is 15.4. The molecule has 1 aromatic carbocycles. The number of carbonyl (C=O) groups excluding carboxylic acids is 2. The molecule has 0 heterocycles. The number of benzene rings is 1. The molecule has 21 heavy (non-hydrogen) atoms. The molecule has 0 aromatic heterocycles. The van der Waals surface area contributed by atoms with Crippen molar-refractivity contribution in [1.82, 2.24) is 5.32 Å². The van der Waals surface area contributed by atoms with E-state index >= 15 is 0 Å². The summed E-state index contributed by atoms with van der Waals surface area (Å²) in [6.45, 7) is 1.35. The molecule has 0 spiro atoms. The predicted molar refractivity (Wildman–Crippen MR) is 75.2 cm³/mol. The molecular formula is C15H19NO5. The van der Waals surface area contributed by atoms with E-state index in [0.717, 1.165) is 17.5 Å². The van der Waals surface area contributed by atoms with Crippen molar-refractivity contribution in [3.8, 4) is 5.75 Å². The molecule has 6 nitrogen and oxygen atoms in total. The number of alkyl carbamates (subject to hydrolysis) is 1. The maximum Gasteiger partial charge on any atom is 0.407 e. The van der Waals surface area contributed by atoms with Crippen molar-refractivity contribution >= 4 is 12.1 Å². The highest BCUT2D eigenvalue weighted by atomic mass is 16.6. The molecule has 1 amide bonds. The Morgan fingerprint density at radius 1 is 1.29 bits per heavy atom. The Balaban J connectivity index is 2.33. The fourth-order valence-corrected chi connectivity index (χ4v) is 2.55. The van der Waals surface area contributed by atoms with Crippen LogP contribution in [-0.2, 0) is 20.7 Å². The van der Waals surface area contributed by atoms with Crippen LogP contribution in [0.4, 0.5) is 4.79 Å². The van der Waals surface area contributed by atoms with E-state index in [1.165, 1.54) is 14.0 Å². The van der Waals surface area contributed by atoms with Gasteiger partial charge in [-0.15, -0.1) is 0 Å². The Morgan fingerprint density at radius 3 is 2.67 bits per heavy atom. The van der Waals surface area contributed by atoms with Gasteiger partial charge in [-0.3, -0.25) is 4.79 Å². The number of nitrogens with one attached hydrogen (secondary N) is 1. The van der Waals surface area contributed by atoms with Crippen LogP contribution in [0, 0.1) is 0 Å². The maximum absolute atomic E-state index is 11.4. The van der Waals surface area contributed by atoms with Gasteiger partial charge in [0.25, 0.3) is 0 Å². The van der Waals surface area contributed by atoms with Crippen molar-refractivity contribution < 1.29 is 23.8 Å². The summed E-state index contributed by atoms with van der Waals surface area (Å²) in [5, 5.41) is 2.72. The monoisotopic (exact) mass is 293 g/mol. The molecule has 6 heteroatoms. The molecule has 0 saturated heterocycles. The zero-order valence-electron chi connectivity index (χ0n) is 12.3. The van der Waals surface area contributed by atoms with Crippen LogP contribution < -0.4 is 10.1 Å². The lowest BCUT2D eigenvalue weighted by molar-refractivity contribution is -0.148. The van der Waals surface area contributed by atoms with Gasteiger partial charge in [-0.1, -0.05) is 6.07 Å². The molecule has 2 atom stereocenters. The molecule has 0 bridgehead atoms. The Bertz CT molecular complexity index is 543. The van der Waals surface area contributed by atoms with Crippen molar-refractivity contribution in [3.63, 3.8) is 0 Å². The smallest absolute Gasteiger partial charge is 0.407 e. The van der Waals surface area contributed by atoms with Crippen LogP contribution in [0.2, 0.25) is 0 Å². The number of hydrogen-bond acceptors (Lipinski definition) is 5. The average molecular weight is 293 g/mol. The minimum atomic E-state index is -0.541. The largest absolute Gasteiger partial charge is 0.497 e. The number of fused-ring (bicyclic) bond motifs is 1. The summed E-state index contributed by atoms with van der Waals surface area (Å²) in [5.41, 5.74) is 1.95. The number of carbonyl (C=O) groups is 2. The summed E-state index contributed by atoms with van der Waals surface area (Å²) in [6, 6.07) is 5.35. The van der Waals surface area contributed by atoms with Gasteiger partial charge in [0.05, 0.1) is 20.3 Å². The van der Waals surface area contributed by atoms with Crippen molar-refractivity contribution in [1.29, 1.82) is 0 Å². The first-order chi connectivity index (χ1) is 10.0. The summed E-state index contributed by atoms with van der Waals surface area (Å²) in [4.78, 5) is 22.8. The Morgan fingerprint density at radius 2 is 2.05 bits per heavy atom. The van der Waals surface area contributed by atoms with Gasteiger partial charge >= 0.3 is 12.1 Å². The maximum atomic E-state index is 11.4. The summed E-state index contributed by atoms with van der Waals surface area (Å²) in [7, 11) is 2.88. The molecule has 1 aliphatic rings. The molecule has 0 fully saturated rings. The van der Waals surface area contributed by atoms with Gasteiger partial charge in [0, 0.05) is 12.5 Å². The van der Waals surface area contributed by atoms with E-state index in [-0.39, 0.29) is 6.04 Å². The van der Waals surface area contributed by atoms with Crippen LogP contribution >= 0.6 is 0 Å². The Kier molecular flexibility index (Phi) is 4.67. The number of methoxy groups -OCH3 is 2. The standard InChI is InChI=1S/C15H19NO5/c1-9(17)21-14-12-8-11(19-2)6-4-10(12)5-7-13(14)16-15(18)20-3/h4,6,8,13-14H,5,7H2,1-3H3,(H,16,18)/t13-,14?/m0/s1. The second kappa shape index (κ2) is 6.47. The predicted octanol–water partition coefficient (Wildman–Crippen LogP) is 1.97. The fraction of sp³-hybridized carbons (Fsp3) is 0.467. The van der Waals surface area contributed by atoms with E-state index in [1.54, 1.807) is 7.11 Å². The second-order valence-electron chi connectivity index (χ2n) is 4.88. The van der Waals surface area contributed by atoms with Gasteiger partial charge in [-0.05, 0) is 30.5 Å². The molecule has 0 radical (unpaired) electrons. The van der Waals surface area contributed by atoms with Gasteiger partial charge in [-0.2, -0.15) is 0 Å². The van der Waals surface area contributed by atoms with E-state index in [2.05, 4.69) is 10.1 Å². The summed E-state index contributed by atoms with van der Waals surface area (Å²) < 4.78 is 15.3. The lowest BCUT2D eigenvalue weighted by Crippen LogP contribution is -2.43. The quantitative estimate of drug-likeness (QED) is 0.862. The lowest BCUT2D eigenvalue weighted by Gasteiger charge is -2.33. The number of aryl methyl sites for hydroxylation is 1. The van der Waals surface area contributed by atoms with Gasteiger partial charge in [0.2, 0.25) is 0 Å². The fourth-order valence-electron chi connectivity index (χ4n) is 2.55. The number of ether oxygens (including phenoxy) is 3. The number of hydrogen-bond donors (Lipinski definition) is 1. The van der Waals surface area contributed by atoms with Crippen LogP contribution in [0.15, 0.2) is 18.2 Å². The second-order valence-corrected chi connectivity index (χ2v) is 4.88. The minimum absolute atomic E-state index is 0.319. The Hall–Kier alpha value is -2.24. The van der Waals surface area contributed by atoms with Crippen molar-refractivity contribution in [2.75, 3.05) is 14.2 Å². The van der Waals surface area contributed by atoms with Crippen molar-refractivity contribution in [2.24, 2.45) is 0 Å². The molecule has 2 rings (SSSR count). The molecule has 114 valence electrons. The number of esters is 1. The van der Waals surface area contributed by atoms with Gasteiger partial charge in [0.15, 0.2) is 0 Å². The third kappa shape index (κ3) is 3.45. The minimum Gasteiger partial charge on any atom is -0.497 e. The first kappa shape index (κ1) is 15.2. The highest BCUT2D eigenvalue weighted by Crippen LogP contribution is 2.35. The van der Waals surface area contributed by atoms with E-state index in [1.807, 2.05) is 18.2 Å². The zero-order valence-corrected chi connectivity index (χ0v) is 12.3. The molecule has 1 N–H and O–H groups in total. The third-order valence-electron chi connectivity index (χ3n) is 3.53. The van der Waals surface area contributed by atoms with Crippen LogP contribution in [0.5, 0.6) is 5.75 Å². The topological polar surface area (TPSA) is 73.9 Å². The summed E-state index contributed by atoms with van der Waals surface area (Å²) in [5.74, 6) is 0.289. The van der Waals surface area contributed by atoms with E-state index in [9.17, 15) is 9.59 Å². The lowest BCUT2D eigenvalue weighted by atomic mass is 9.85.